The van der Waals surface area contributed by atoms with Crippen molar-refractivity contribution in [1.82, 2.24) is 5.32 Å². The van der Waals surface area contributed by atoms with Gasteiger partial charge < -0.3 is 10.2 Å². The normalized spacial score (nSPS) is 22.3. The fourth-order valence-corrected chi connectivity index (χ4v) is 3.21. The van der Waals surface area contributed by atoms with Crippen LogP contribution in [0.4, 0.5) is 5.69 Å². The van der Waals surface area contributed by atoms with Crippen molar-refractivity contribution in [2.24, 2.45) is 0 Å². The Balaban J connectivity index is 1.89. The Bertz CT molecular complexity index is 615. The van der Waals surface area contributed by atoms with E-state index in [4.69, 9.17) is 23.2 Å². The van der Waals surface area contributed by atoms with Crippen LogP contribution in [0.15, 0.2) is 48.5 Å². The molecule has 0 bridgehead atoms. The van der Waals surface area contributed by atoms with E-state index in [0.717, 1.165) is 28.8 Å². The number of nitrogens with one attached hydrogen (secondary N) is 1. The minimum atomic E-state index is 0.303. The number of piperazine rings is 1. The van der Waals surface area contributed by atoms with Crippen LogP contribution in [0, 0.1) is 0 Å². The molecule has 1 aliphatic rings. The molecule has 0 radical (unpaired) electrons. The molecule has 1 saturated heterocycles. The van der Waals surface area contributed by atoms with Crippen molar-refractivity contribution in [3.8, 4) is 0 Å². The molecule has 4 heteroatoms. The molecule has 1 aliphatic heterocycles. The second kappa shape index (κ2) is 6.27. The van der Waals surface area contributed by atoms with Gasteiger partial charge in [-0.2, -0.15) is 0 Å². The van der Waals surface area contributed by atoms with Crippen LogP contribution >= 0.6 is 23.2 Å². The number of halogens is 2. The van der Waals surface area contributed by atoms with E-state index < -0.39 is 0 Å². The summed E-state index contributed by atoms with van der Waals surface area (Å²) in [7, 11) is 0. The molecule has 2 nitrogen and oxygen atoms in total. The second-order valence-electron chi connectivity index (χ2n) is 5.47. The molecule has 2 aromatic rings. The third-order valence-electron chi connectivity index (χ3n) is 3.99. The van der Waals surface area contributed by atoms with Crippen LogP contribution in [0.3, 0.4) is 0 Å². The molecule has 2 atom stereocenters. The first-order chi connectivity index (χ1) is 10.1. The predicted octanol–water partition coefficient (Wildman–Crippen LogP) is 4.53. The van der Waals surface area contributed by atoms with Gasteiger partial charge in [-0.3, -0.25) is 0 Å². The highest BCUT2D eigenvalue weighted by atomic mass is 35.5. The van der Waals surface area contributed by atoms with Crippen molar-refractivity contribution in [1.29, 1.82) is 0 Å². The largest absolute Gasteiger partial charge is 0.364 e. The predicted molar refractivity (Wildman–Crippen MR) is 90.5 cm³/mol. The zero-order chi connectivity index (χ0) is 14.8. The van der Waals surface area contributed by atoms with E-state index in [0.29, 0.717) is 12.1 Å². The van der Waals surface area contributed by atoms with Crippen LogP contribution in [0.5, 0.6) is 0 Å². The Kier molecular flexibility index (Phi) is 4.39. The fourth-order valence-electron chi connectivity index (χ4n) is 2.81. The van der Waals surface area contributed by atoms with Gasteiger partial charge in [0, 0.05) is 30.2 Å². The van der Waals surface area contributed by atoms with Gasteiger partial charge >= 0.3 is 0 Å². The van der Waals surface area contributed by atoms with Gasteiger partial charge in [0.05, 0.1) is 10.7 Å². The lowest BCUT2D eigenvalue weighted by atomic mass is 10.0. The molecule has 0 amide bonds. The quantitative estimate of drug-likeness (QED) is 0.874. The molecule has 0 spiro atoms. The SMILES string of the molecule is CC1CNC(c2ccccc2)CN1c1cc(Cl)ccc1Cl. The number of anilines is 1. The molecule has 1 heterocycles. The van der Waals surface area contributed by atoms with Gasteiger partial charge in [0.2, 0.25) is 0 Å². The topological polar surface area (TPSA) is 15.3 Å². The van der Waals surface area contributed by atoms with Crippen LogP contribution in [-0.4, -0.2) is 19.1 Å². The zero-order valence-corrected chi connectivity index (χ0v) is 13.4. The van der Waals surface area contributed by atoms with Gasteiger partial charge in [-0.05, 0) is 30.7 Å². The number of hydrogen-bond acceptors (Lipinski definition) is 2. The summed E-state index contributed by atoms with van der Waals surface area (Å²) >= 11 is 12.5. The average Bonchev–Trinajstić information content (AvgIpc) is 2.51. The maximum atomic E-state index is 6.37. The highest BCUT2D eigenvalue weighted by Gasteiger charge is 2.27. The summed E-state index contributed by atoms with van der Waals surface area (Å²) in [6.45, 7) is 4.00. The molecule has 2 aromatic carbocycles. The third-order valence-corrected chi connectivity index (χ3v) is 4.55. The number of rotatable bonds is 2. The lowest BCUT2D eigenvalue weighted by Gasteiger charge is -2.41. The third kappa shape index (κ3) is 3.18. The van der Waals surface area contributed by atoms with Crippen LogP contribution in [0.2, 0.25) is 10.0 Å². The van der Waals surface area contributed by atoms with Crippen molar-refractivity contribution in [3.05, 3.63) is 64.1 Å². The van der Waals surface area contributed by atoms with E-state index in [1.54, 1.807) is 0 Å². The summed E-state index contributed by atoms with van der Waals surface area (Å²) in [5.41, 5.74) is 2.31. The van der Waals surface area contributed by atoms with E-state index >= 15 is 0 Å². The van der Waals surface area contributed by atoms with Gasteiger partial charge in [-0.25, -0.2) is 0 Å². The van der Waals surface area contributed by atoms with E-state index in [-0.39, 0.29) is 0 Å². The van der Waals surface area contributed by atoms with E-state index in [2.05, 4.69) is 41.4 Å². The summed E-state index contributed by atoms with van der Waals surface area (Å²) in [5, 5.41) is 5.07. The minimum Gasteiger partial charge on any atom is -0.364 e. The molecule has 2 unspecified atom stereocenters. The summed E-state index contributed by atoms with van der Waals surface area (Å²) in [6, 6.07) is 16.8. The Morgan fingerprint density at radius 2 is 1.86 bits per heavy atom. The number of hydrogen-bond donors (Lipinski definition) is 1. The lowest BCUT2D eigenvalue weighted by Crippen LogP contribution is -2.51. The lowest BCUT2D eigenvalue weighted by molar-refractivity contribution is 0.414. The van der Waals surface area contributed by atoms with E-state index in [1.807, 2.05) is 24.3 Å². The Hall–Kier alpha value is -1.22. The van der Waals surface area contributed by atoms with Crippen molar-refractivity contribution < 1.29 is 0 Å². The minimum absolute atomic E-state index is 0.303. The fraction of sp³-hybridized carbons (Fsp3) is 0.294. The van der Waals surface area contributed by atoms with Gasteiger partial charge in [-0.1, -0.05) is 53.5 Å². The van der Waals surface area contributed by atoms with Crippen molar-refractivity contribution in [2.75, 3.05) is 18.0 Å². The Labute approximate surface area is 135 Å². The highest BCUT2D eigenvalue weighted by molar-refractivity contribution is 6.35. The standard InChI is InChI=1S/C17H18Cl2N2/c1-12-10-20-16(13-5-3-2-4-6-13)11-21(12)17-9-14(18)7-8-15(17)19/h2-9,12,16,20H,10-11H2,1H3. The molecule has 3 rings (SSSR count). The Morgan fingerprint density at radius 1 is 1.10 bits per heavy atom. The molecule has 110 valence electrons. The van der Waals surface area contributed by atoms with E-state index in [1.165, 1.54) is 5.56 Å². The number of nitrogens with zero attached hydrogens (tertiary/aromatic N) is 1. The first kappa shape index (κ1) is 14.7. The number of benzene rings is 2. The maximum Gasteiger partial charge on any atom is 0.0640 e. The summed E-state index contributed by atoms with van der Waals surface area (Å²) in [4.78, 5) is 2.34. The van der Waals surface area contributed by atoms with Crippen LogP contribution < -0.4 is 10.2 Å². The van der Waals surface area contributed by atoms with Crippen LogP contribution in [-0.2, 0) is 0 Å². The maximum absolute atomic E-state index is 6.37. The molecule has 0 saturated carbocycles. The van der Waals surface area contributed by atoms with E-state index in [9.17, 15) is 0 Å². The zero-order valence-electron chi connectivity index (χ0n) is 11.9. The molecule has 21 heavy (non-hydrogen) atoms. The van der Waals surface area contributed by atoms with Crippen LogP contribution in [0.25, 0.3) is 0 Å². The van der Waals surface area contributed by atoms with Gasteiger partial charge in [0.15, 0.2) is 0 Å². The summed E-state index contributed by atoms with van der Waals surface area (Å²) < 4.78 is 0. The monoisotopic (exact) mass is 320 g/mol. The first-order valence-corrected chi connectivity index (χ1v) is 7.91. The Morgan fingerprint density at radius 3 is 2.62 bits per heavy atom. The molecular formula is C17H18Cl2N2. The average molecular weight is 321 g/mol. The van der Waals surface area contributed by atoms with Gasteiger partial charge in [0.25, 0.3) is 0 Å². The summed E-state index contributed by atoms with van der Waals surface area (Å²) in [5.74, 6) is 0. The van der Waals surface area contributed by atoms with Crippen molar-refractivity contribution >= 4 is 28.9 Å². The first-order valence-electron chi connectivity index (χ1n) is 7.15. The molecule has 1 fully saturated rings. The molecular weight excluding hydrogens is 303 g/mol. The second-order valence-corrected chi connectivity index (χ2v) is 6.31. The smallest absolute Gasteiger partial charge is 0.0640 e. The van der Waals surface area contributed by atoms with Crippen molar-refractivity contribution in [2.45, 2.75) is 19.0 Å². The highest BCUT2D eigenvalue weighted by Crippen LogP contribution is 2.33. The molecule has 1 N–H and O–H groups in total. The van der Waals surface area contributed by atoms with Gasteiger partial charge in [-0.15, -0.1) is 0 Å². The summed E-state index contributed by atoms with van der Waals surface area (Å²) in [6.07, 6.45) is 0. The van der Waals surface area contributed by atoms with Gasteiger partial charge in [0.1, 0.15) is 0 Å². The molecule has 0 aromatic heterocycles. The van der Waals surface area contributed by atoms with Crippen molar-refractivity contribution in [3.63, 3.8) is 0 Å². The van der Waals surface area contributed by atoms with Crippen LogP contribution in [0.1, 0.15) is 18.5 Å². The molecule has 0 aliphatic carbocycles.